The predicted octanol–water partition coefficient (Wildman–Crippen LogP) is -0.459. The summed E-state index contributed by atoms with van der Waals surface area (Å²) >= 11 is 0. The normalized spacial score (nSPS) is 13.8. The van der Waals surface area contributed by atoms with Crippen LogP contribution in [-0.2, 0) is 9.59 Å². The molecule has 0 rings (SSSR count). The van der Waals surface area contributed by atoms with E-state index in [2.05, 4.69) is 10.6 Å². The summed E-state index contributed by atoms with van der Waals surface area (Å²) in [4.78, 5) is 22.5. The molecule has 0 radical (unpaired) electrons. The van der Waals surface area contributed by atoms with Gasteiger partial charge < -0.3 is 20.8 Å². The number of amides is 2. The maximum atomic E-state index is 11.2. The predicted molar refractivity (Wildman–Crippen MR) is 67.8 cm³/mol. The van der Waals surface area contributed by atoms with Gasteiger partial charge in [-0.1, -0.05) is 0 Å². The van der Waals surface area contributed by atoms with E-state index in [1.165, 1.54) is 0 Å². The lowest BCUT2D eigenvalue weighted by atomic mass is 10.2. The molecular weight excluding hydrogens is 236 g/mol. The maximum Gasteiger partial charge on any atom is 0.220 e. The summed E-state index contributed by atoms with van der Waals surface area (Å²) in [6, 6.07) is 0. The van der Waals surface area contributed by atoms with Crippen molar-refractivity contribution in [3.05, 3.63) is 0 Å². The van der Waals surface area contributed by atoms with E-state index >= 15 is 0 Å². The van der Waals surface area contributed by atoms with Crippen LogP contribution in [0.15, 0.2) is 0 Å². The Balaban J connectivity index is 3.44. The monoisotopic (exact) mass is 260 g/mol. The lowest BCUT2D eigenvalue weighted by Gasteiger charge is -2.08. The number of nitrogens with one attached hydrogen (secondary N) is 2. The fourth-order valence-corrected chi connectivity index (χ4v) is 1.26. The number of rotatable bonds is 9. The Kier molecular flexibility index (Phi) is 9.22. The van der Waals surface area contributed by atoms with Gasteiger partial charge in [0.25, 0.3) is 0 Å². The lowest BCUT2D eigenvalue weighted by Crippen LogP contribution is -2.35. The molecule has 0 saturated heterocycles. The number of carbonyl (C=O) groups excluding carboxylic acids is 2. The standard InChI is InChI=1S/C12H24N2O4/c1-9(15)3-5-11(17)13-7-8-14-12(18)6-4-10(2)16/h9-10,15-16H,3-8H2,1-2H3,(H,13,17)(H,14,18)/t9-,10+. The van der Waals surface area contributed by atoms with Crippen LogP contribution in [0.25, 0.3) is 0 Å². The highest BCUT2D eigenvalue weighted by Gasteiger charge is 2.05. The van der Waals surface area contributed by atoms with Gasteiger partial charge >= 0.3 is 0 Å². The van der Waals surface area contributed by atoms with Gasteiger partial charge in [-0.15, -0.1) is 0 Å². The lowest BCUT2D eigenvalue weighted by molar-refractivity contribution is -0.123. The van der Waals surface area contributed by atoms with Crippen LogP contribution in [0.3, 0.4) is 0 Å². The average Bonchev–Trinajstić information content (AvgIpc) is 2.29. The first-order chi connectivity index (χ1) is 8.41. The Labute approximate surface area is 108 Å². The van der Waals surface area contributed by atoms with Gasteiger partial charge in [-0.05, 0) is 26.7 Å². The van der Waals surface area contributed by atoms with Crippen LogP contribution in [0.4, 0.5) is 0 Å². The van der Waals surface area contributed by atoms with Gasteiger partial charge in [0.2, 0.25) is 11.8 Å². The van der Waals surface area contributed by atoms with E-state index in [4.69, 9.17) is 10.2 Å². The van der Waals surface area contributed by atoms with E-state index < -0.39 is 12.2 Å². The summed E-state index contributed by atoms with van der Waals surface area (Å²) in [5.74, 6) is -0.261. The highest BCUT2D eigenvalue weighted by atomic mass is 16.3. The van der Waals surface area contributed by atoms with Crippen LogP contribution in [0.2, 0.25) is 0 Å². The molecule has 2 atom stereocenters. The molecule has 0 fully saturated rings. The maximum absolute atomic E-state index is 11.2. The van der Waals surface area contributed by atoms with E-state index in [0.29, 0.717) is 25.9 Å². The van der Waals surface area contributed by atoms with Crippen molar-refractivity contribution in [3.63, 3.8) is 0 Å². The Morgan fingerprint density at radius 3 is 1.50 bits per heavy atom. The molecule has 6 nitrogen and oxygen atoms in total. The molecule has 6 heteroatoms. The van der Waals surface area contributed by atoms with Gasteiger partial charge in [-0.3, -0.25) is 9.59 Å². The fourth-order valence-electron chi connectivity index (χ4n) is 1.26. The van der Waals surface area contributed by atoms with Crippen LogP contribution in [-0.4, -0.2) is 47.3 Å². The summed E-state index contributed by atoms with van der Waals surface area (Å²) in [5.41, 5.74) is 0. The molecular formula is C12H24N2O4. The first-order valence-electron chi connectivity index (χ1n) is 6.31. The zero-order valence-electron chi connectivity index (χ0n) is 11.1. The van der Waals surface area contributed by atoms with E-state index in [1.54, 1.807) is 13.8 Å². The molecule has 0 spiro atoms. The average molecular weight is 260 g/mol. The van der Waals surface area contributed by atoms with Crippen molar-refractivity contribution in [2.45, 2.75) is 51.7 Å². The van der Waals surface area contributed by atoms with E-state index in [0.717, 1.165) is 0 Å². The summed E-state index contributed by atoms with van der Waals surface area (Å²) in [7, 11) is 0. The quantitative estimate of drug-likeness (QED) is 0.422. The molecule has 18 heavy (non-hydrogen) atoms. The first kappa shape index (κ1) is 16.9. The molecule has 0 aliphatic rings. The van der Waals surface area contributed by atoms with Crippen molar-refractivity contribution in [3.8, 4) is 0 Å². The molecule has 0 aliphatic heterocycles. The van der Waals surface area contributed by atoms with Crippen LogP contribution in [0.1, 0.15) is 39.5 Å². The third-order valence-corrected chi connectivity index (χ3v) is 2.35. The molecule has 0 bridgehead atoms. The Bertz CT molecular complexity index is 228. The minimum absolute atomic E-state index is 0.130. The topological polar surface area (TPSA) is 98.7 Å². The zero-order valence-corrected chi connectivity index (χ0v) is 11.1. The largest absolute Gasteiger partial charge is 0.393 e. The van der Waals surface area contributed by atoms with E-state index in [-0.39, 0.29) is 24.7 Å². The van der Waals surface area contributed by atoms with Crippen molar-refractivity contribution in [1.29, 1.82) is 0 Å². The van der Waals surface area contributed by atoms with Crippen LogP contribution >= 0.6 is 0 Å². The Morgan fingerprint density at radius 2 is 1.22 bits per heavy atom. The van der Waals surface area contributed by atoms with E-state index in [1.807, 2.05) is 0 Å². The Morgan fingerprint density at radius 1 is 0.889 bits per heavy atom. The van der Waals surface area contributed by atoms with Gasteiger partial charge in [0.15, 0.2) is 0 Å². The van der Waals surface area contributed by atoms with Crippen molar-refractivity contribution < 1.29 is 19.8 Å². The van der Waals surface area contributed by atoms with Crippen molar-refractivity contribution in [1.82, 2.24) is 10.6 Å². The van der Waals surface area contributed by atoms with Crippen molar-refractivity contribution >= 4 is 11.8 Å². The summed E-state index contributed by atoms with van der Waals surface area (Å²) < 4.78 is 0. The summed E-state index contributed by atoms with van der Waals surface area (Å²) in [6.07, 6.45) is 0.493. The van der Waals surface area contributed by atoms with Crippen LogP contribution in [0.5, 0.6) is 0 Å². The minimum atomic E-state index is -0.476. The number of aliphatic hydroxyl groups is 2. The molecule has 0 heterocycles. The molecule has 0 aromatic heterocycles. The van der Waals surface area contributed by atoms with Gasteiger partial charge in [-0.2, -0.15) is 0 Å². The number of aliphatic hydroxyl groups excluding tert-OH is 2. The van der Waals surface area contributed by atoms with Crippen molar-refractivity contribution in [2.75, 3.05) is 13.1 Å². The second-order valence-corrected chi connectivity index (χ2v) is 4.48. The Hall–Kier alpha value is -1.14. The second kappa shape index (κ2) is 9.85. The van der Waals surface area contributed by atoms with Crippen molar-refractivity contribution in [2.24, 2.45) is 0 Å². The molecule has 106 valence electrons. The minimum Gasteiger partial charge on any atom is -0.393 e. The molecule has 0 aromatic rings. The molecule has 0 saturated carbocycles. The number of hydrogen-bond donors (Lipinski definition) is 4. The van der Waals surface area contributed by atoms with Gasteiger partial charge in [-0.25, -0.2) is 0 Å². The molecule has 0 aliphatic carbocycles. The van der Waals surface area contributed by atoms with Crippen LogP contribution in [0, 0.1) is 0 Å². The fraction of sp³-hybridized carbons (Fsp3) is 0.833. The van der Waals surface area contributed by atoms with Gasteiger partial charge in [0.05, 0.1) is 12.2 Å². The molecule has 0 unspecified atom stereocenters. The van der Waals surface area contributed by atoms with Gasteiger partial charge in [0.1, 0.15) is 0 Å². The third-order valence-electron chi connectivity index (χ3n) is 2.35. The number of hydrogen-bond acceptors (Lipinski definition) is 4. The van der Waals surface area contributed by atoms with Crippen LogP contribution < -0.4 is 10.6 Å². The number of carbonyl (C=O) groups is 2. The molecule has 0 aromatic carbocycles. The highest BCUT2D eigenvalue weighted by Crippen LogP contribution is 1.95. The highest BCUT2D eigenvalue weighted by molar-refractivity contribution is 5.77. The summed E-state index contributed by atoms with van der Waals surface area (Å²) in [5, 5.41) is 23.3. The SMILES string of the molecule is C[C@H](O)CCC(=O)NCCNC(=O)CC[C@@H](C)O. The molecule has 4 N–H and O–H groups in total. The smallest absolute Gasteiger partial charge is 0.220 e. The summed E-state index contributed by atoms with van der Waals surface area (Å²) in [6.45, 7) is 4.02. The first-order valence-corrected chi connectivity index (χ1v) is 6.31. The van der Waals surface area contributed by atoms with Gasteiger partial charge in [0, 0.05) is 25.9 Å². The molecule has 2 amide bonds. The third kappa shape index (κ3) is 11.3. The second-order valence-electron chi connectivity index (χ2n) is 4.48. The zero-order chi connectivity index (χ0) is 14.0. The van der Waals surface area contributed by atoms with E-state index in [9.17, 15) is 9.59 Å².